The summed E-state index contributed by atoms with van der Waals surface area (Å²) in [4.78, 5) is 25.2. The highest BCUT2D eigenvalue weighted by Crippen LogP contribution is 2.09. The van der Waals surface area contributed by atoms with Gasteiger partial charge in [0.05, 0.1) is 0 Å². The number of benzene rings is 1. The van der Waals surface area contributed by atoms with Crippen molar-refractivity contribution in [3.05, 3.63) is 35.4 Å². The minimum Gasteiger partial charge on any atom is -0.351 e. The van der Waals surface area contributed by atoms with E-state index in [1.807, 2.05) is 26.0 Å². The Kier molecular flexibility index (Phi) is 8.66. The first kappa shape index (κ1) is 19.4. The maximum Gasteiger partial charge on any atom is 0.251 e. The Morgan fingerprint density at radius 3 is 2.29 bits per heavy atom. The molecule has 0 saturated heterocycles. The van der Waals surface area contributed by atoms with E-state index in [0.717, 1.165) is 5.56 Å². The third-order valence-corrected chi connectivity index (χ3v) is 2.94. The second kappa shape index (κ2) is 9.37. The SMILES string of the molecule is CC(C)C(=O)N(C)Cc1ccc(C(=O)NCCN)cc1.Cl. The Bertz CT molecular complexity index is 460. The van der Waals surface area contributed by atoms with E-state index >= 15 is 0 Å². The van der Waals surface area contributed by atoms with Crippen LogP contribution < -0.4 is 11.1 Å². The molecule has 1 aromatic carbocycles. The van der Waals surface area contributed by atoms with E-state index in [2.05, 4.69) is 5.32 Å². The summed E-state index contributed by atoms with van der Waals surface area (Å²) in [5.74, 6) is -0.0373. The van der Waals surface area contributed by atoms with Gasteiger partial charge in [-0.2, -0.15) is 0 Å². The van der Waals surface area contributed by atoms with E-state index in [1.165, 1.54) is 0 Å². The number of amides is 2. The molecule has 0 aliphatic carbocycles. The molecule has 118 valence electrons. The van der Waals surface area contributed by atoms with Crippen LogP contribution in [0, 0.1) is 5.92 Å². The average Bonchev–Trinajstić information content (AvgIpc) is 2.44. The van der Waals surface area contributed by atoms with E-state index in [-0.39, 0.29) is 30.1 Å². The zero-order valence-electron chi connectivity index (χ0n) is 12.8. The van der Waals surface area contributed by atoms with Crippen molar-refractivity contribution < 1.29 is 9.59 Å². The Hall–Kier alpha value is -1.59. The highest BCUT2D eigenvalue weighted by Gasteiger charge is 2.13. The van der Waals surface area contributed by atoms with E-state index in [4.69, 9.17) is 5.73 Å². The van der Waals surface area contributed by atoms with Gasteiger partial charge >= 0.3 is 0 Å². The van der Waals surface area contributed by atoms with E-state index in [1.54, 1.807) is 24.1 Å². The second-order valence-electron chi connectivity index (χ2n) is 5.09. The Balaban J connectivity index is 0.00000400. The average molecular weight is 314 g/mol. The molecule has 5 nitrogen and oxygen atoms in total. The quantitative estimate of drug-likeness (QED) is 0.834. The number of nitrogens with zero attached hydrogens (tertiary/aromatic N) is 1. The second-order valence-corrected chi connectivity index (χ2v) is 5.09. The Labute approximate surface area is 132 Å². The number of halogens is 1. The maximum atomic E-state index is 11.8. The van der Waals surface area contributed by atoms with Gasteiger partial charge in [0.2, 0.25) is 5.91 Å². The lowest BCUT2D eigenvalue weighted by Gasteiger charge is -2.19. The van der Waals surface area contributed by atoms with Crippen LogP contribution in [-0.2, 0) is 11.3 Å². The molecule has 0 unspecified atom stereocenters. The van der Waals surface area contributed by atoms with Gasteiger partial charge in [0.1, 0.15) is 0 Å². The van der Waals surface area contributed by atoms with Crippen LogP contribution in [0.1, 0.15) is 29.8 Å². The number of hydrogen-bond donors (Lipinski definition) is 2. The van der Waals surface area contributed by atoms with Crippen molar-refractivity contribution in [1.29, 1.82) is 0 Å². The van der Waals surface area contributed by atoms with Crippen molar-refractivity contribution in [2.45, 2.75) is 20.4 Å². The van der Waals surface area contributed by atoms with Gasteiger partial charge in [-0.05, 0) is 17.7 Å². The number of nitrogens with two attached hydrogens (primary N) is 1. The molecule has 0 aliphatic rings. The molecule has 0 fully saturated rings. The number of carbonyl (C=O) groups is 2. The minimum atomic E-state index is -0.131. The molecule has 0 atom stereocenters. The molecule has 2 amide bonds. The Morgan fingerprint density at radius 2 is 1.81 bits per heavy atom. The van der Waals surface area contributed by atoms with E-state index < -0.39 is 0 Å². The van der Waals surface area contributed by atoms with E-state index in [9.17, 15) is 9.59 Å². The number of nitrogens with one attached hydrogen (secondary N) is 1. The van der Waals surface area contributed by atoms with Crippen LogP contribution in [0.2, 0.25) is 0 Å². The summed E-state index contributed by atoms with van der Waals surface area (Å²) >= 11 is 0. The third kappa shape index (κ3) is 6.14. The van der Waals surface area contributed by atoms with Gasteiger partial charge in [0, 0.05) is 38.2 Å². The highest BCUT2D eigenvalue weighted by atomic mass is 35.5. The van der Waals surface area contributed by atoms with Crippen LogP contribution in [0.15, 0.2) is 24.3 Å². The molecule has 0 saturated carbocycles. The molecule has 0 aromatic heterocycles. The molecule has 21 heavy (non-hydrogen) atoms. The number of carbonyl (C=O) groups excluding carboxylic acids is 2. The summed E-state index contributed by atoms with van der Waals surface area (Å²) in [6.07, 6.45) is 0. The van der Waals surface area contributed by atoms with Crippen molar-refractivity contribution in [2.24, 2.45) is 11.7 Å². The monoisotopic (exact) mass is 313 g/mol. The Morgan fingerprint density at radius 1 is 1.24 bits per heavy atom. The zero-order chi connectivity index (χ0) is 15.1. The first-order valence-corrected chi connectivity index (χ1v) is 6.78. The van der Waals surface area contributed by atoms with E-state index in [0.29, 0.717) is 25.2 Å². The van der Waals surface area contributed by atoms with Gasteiger partial charge in [0.15, 0.2) is 0 Å². The molecule has 0 radical (unpaired) electrons. The lowest BCUT2D eigenvalue weighted by atomic mass is 10.1. The van der Waals surface area contributed by atoms with Gasteiger partial charge in [-0.25, -0.2) is 0 Å². The first-order chi connectivity index (χ1) is 9.45. The summed E-state index contributed by atoms with van der Waals surface area (Å²) < 4.78 is 0. The standard InChI is InChI=1S/C15H23N3O2.ClH/c1-11(2)15(20)18(3)10-12-4-6-13(7-5-12)14(19)17-9-8-16;/h4-7,11H,8-10,16H2,1-3H3,(H,17,19);1H. The molecular weight excluding hydrogens is 290 g/mol. The highest BCUT2D eigenvalue weighted by molar-refractivity contribution is 5.94. The van der Waals surface area contributed by atoms with Crippen LogP contribution in [0.3, 0.4) is 0 Å². The molecule has 3 N–H and O–H groups in total. The largest absolute Gasteiger partial charge is 0.351 e. The summed E-state index contributed by atoms with van der Waals surface area (Å²) in [6, 6.07) is 7.24. The summed E-state index contributed by atoms with van der Waals surface area (Å²) in [5.41, 5.74) is 6.93. The number of rotatable bonds is 6. The zero-order valence-corrected chi connectivity index (χ0v) is 13.6. The van der Waals surface area contributed by atoms with Crippen molar-refractivity contribution >= 4 is 24.2 Å². The van der Waals surface area contributed by atoms with Crippen molar-refractivity contribution in [1.82, 2.24) is 10.2 Å². The molecular formula is C15H24ClN3O2. The van der Waals surface area contributed by atoms with Gasteiger partial charge in [-0.1, -0.05) is 26.0 Å². The van der Waals surface area contributed by atoms with Gasteiger partial charge in [0.25, 0.3) is 5.91 Å². The number of hydrogen-bond acceptors (Lipinski definition) is 3. The molecule has 1 aromatic rings. The summed E-state index contributed by atoms with van der Waals surface area (Å²) in [6.45, 7) is 5.19. The predicted octanol–water partition coefficient (Wildman–Crippen LogP) is 1.41. The van der Waals surface area contributed by atoms with Crippen LogP contribution in [-0.4, -0.2) is 36.9 Å². The smallest absolute Gasteiger partial charge is 0.251 e. The molecule has 0 bridgehead atoms. The predicted molar refractivity (Wildman–Crippen MR) is 86.4 cm³/mol. The van der Waals surface area contributed by atoms with Crippen molar-refractivity contribution in [3.8, 4) is 0 Å². The van der Waals surface area contributed by atoms with Crippen LogP contribution in [0.5, 0.6) is 0 Å². The first-order valence-electron chi connectivity index (χ1n) is 6.78. The van der Waals surface area contributed by atoms with Gasteiger partial charge in [-0.3, -0.25) is 9.59 Å². The molecule has 0 aliphatic heterocycles. The maximum absolute atomic E-state index is 11.8. The lowest BCUT2D eigenvalue weighted by molar-refractivity contribution is -0.133. The molecule has 0 spiro atoms. The molecule has 1 rings (SSSR count). The fourth-order valence-electron chi connectivity index (χ4n) is 1.84. The van der Waals surface area contributed by atoms with Crippen LogP contribution >= 0.6 is 12.4 Å². The summed E-state index contributed by atoms with van der Waals surface area (Å²) in [7, 11) is 1.78. The van der Waals surface area contributed by atoms with Gasteiger partial charge in [-0.15, -0.1) is 12.4 Å². The fraction of sp³-hybridized carbons (Fsp3) is 0.467. The van der Waals surface area contributed by atoms with Gasteiger partial charge < -0.3 is 16.0 Å². The molecule has 0 heterocycles. The van der Waals surface area contributed by atoms with Crippen LogP contribution in [0.4, 0.5) is 0 Å². The lowest BCUT2D eigenvalue weighted by Crippen LogP contribution is -2.30. The van der Waals surface area contributed by atoms with Crippen molar-refractivity contribution in [3.63, 3.8) is 0 Å². The van der Waals surface area contributed by atoms with Crippen LogP contribution in [0.25, 0.3) is 0 Å². The van der Waals surface area contributed by atoms with Crippen molar-refractivity contribution in [2.75, 3.05) is 20.1 Å². The third-order valence-electron chi connectivity index (χ3n) is 2.94. The molecule has 6 heteroatoms. The fourth-order valence-corrected chi connectivity index (χ4v) is 1.84. The summed E-state index contributed by atoms with van der Waals surface area (Å²) in [5, 5.41) is 2.71. The minimum absolute atomic E-state index is 0. The normalized spacial score (nSPS) is 9.95. The topological polar surface area (TPSA) is 75.4 Å².